The number of anilines is 1. The first-order chi connectivity index (χ1) is 13.1. The van der Waals surface area contributed by atoms with E-state index in [0.29, 0.717) is 18.2 Å². The van der Waals surface area contributed by atoms with Gasteiger partial charge in [-0.05, 0) is 36.9 Å². The molecule has 1 aromatic heterocycles. The van der Waals surface area contributed by atoms with Gasteiger partial charge >= 0.3 is 0 Å². The maximum absolute atomic E-state index is 13.1. The molecule has 4 nitrogen and oxygen atoms in total. The number of nitrogens with zero attached hydrogens (tertiary/aromatic N) is 2. The fourth-order valence-electron chi connectivity index (χ4n) is 3.80. The summed E-state index contributed by atoms with van der Waals surface area (Å²) >= 11 is 3.74. The molecular formula is C21H24N2O2S2. The minimum absolute atomic E-state index is 0.0536. The van der Waals surface area contributed by atoms with Crippen LogP contribution in [0.5, 0.6) is 0 Å². The number of thioether (sulfide) groups is 1. The molecule has 2 atom stereocenters. The van der Waals surface area contributed by atoms with Gasteiger partial charge in [-0.15, -0.1) is 11.3 Å². The second-order valence-corrected chi connectivity index (χ2v) is 9.52. The molecule has 2 fully saturated rings. The number of hydrogen-bond acceptors (Lipinski definition) is 4. The van der Waals surface area contributed by atoms with Crippen molar-refractivity contribution in [2.45, 2.75) is 25.0 Å². The Morgan fingerprint density at radius 1 is 1.15 bits per heavy atom. The largest absolute Gasteiger partial charge is 0.342 e. The van der Waals surface area contributed by atoms with Crippen LogP contribution in [-0.4, -0.2) is 42.1 Å². The van der Waals surface area contributed by atoms with Crippen LogP contribution in [0.4, 0.5) is 5.69 Å². The van der Waals surface area contributed by atoms with Crippen molar-refractivity contribution in [1.29, 1.82) is 0 Å². The molecule has 0 N–H and O–H groups in total. The molecule has 2 amide bonds. The number of thiophene rings is 1. The van der Waals surface area contributed by atoms with E-state index < -0.39 is 0 Å². The van der Waals surface area contributed by atoms with E-state index in [-0.39, 0.29) is 17.7 Å². The van der Waals surface area contributed by atoms with Gasteiger partial charge < -0.3 is 9.80 Å². The minimum atomic E-state index is -0.220. The Balaban J connectivity index is 1.39. The van der Waals surface area contributed by atoms with E-state index in [1.165, 1.54) is 10.4 Å². The molecule has 2 aromatic rings. The maximum Gasteiger partial charge on any atom is 0.228 e. The van der Waals surface area contributed by atoms with Gasteiger partial charge in [-0.25, -0.2) is 0 Å². The number of aryl methyl sites for hydroxylation is 1. The normalized spacial score (nSPS) is 23.5. The highest BCUT2D eigenvalue weighted by molar-refractivity contribution is 7.99. The SMILES string of the molecule is Cc1ccc(N2CC(C(=O)N3CCSC(c4cccs4)CC3)CC2=O)cc1. The number of amides is 2. The lowest BCUT2D eigenvalue weighted by atomic mass is 10.1. The Labute approximate surface area is 168 Å². The molecule has 2 unspecified atom stereocenters. The molecular weight excluding hydrogens is 376 g/mol. The second kappa shape index (κ2) is 8.07. The Morgan fingerprint density at radius 3 is 2.70 bits per heavy atom. The van der Waals surface area contributed by atoms with Gasteiger partial charge in [0.15, 0.2) is 0 Å². The van der Waals surface area contributed by atoms with E-state index in [1.54, 1.807) is 16.2 Å². The van der Waals surface area contributed by atoms with Crippen molar-refractivity contribution in [3.05, 3.63) is 52.2 Å². The number of carbonyl (C=O) groups excluding carboxylic acids is 2. The Morgan fingerprint density at radius 2 is 1.96 bits per heavy atom. The van der Waals surface area contributed by atoms with Crippen LogP contribution in [0.3, 0.4) is 0 Å². The summed E-state index contributed by atoms with van der Waals surface area (Å²) in [6.07, 6.45) is 1.31. The lowest BCUT2D eigenvalue weighted by Gasteiger charge is -2.24. The van der Waals surface area contributed by atoms with Gasteiger partial charge in [0.2, 0.25) is 11.8 Å². The Bertz CT molecular complexity index is 804. The zero-order chi connectivity index (χ0) is 18.8. The Hall–Kier alpha value is -1.79. The summed E-state index contributed by atoms with van der Waals surface area (Å²) in [6.45, 7) is 4.09. The van der Waals surface area contributed by atoms with Crippen molar-refractivity contribution in [3.63, 3.8) is 0 Å². The topological polar surface area (TPSA) is 40.6 Å². The summed E-state index contributed by atoms with van der Waals surface area (Å²) < 4.78 is 0. The van der Waals surface area contributed by atoms with E-state index in [4.69, 9.17) is 0 Å². The molecule has 4 rings (SSSR count). The van der Waals surface area contributed by atoms with E-state index >= 15 is 0 Å². The summed E-state index contributed by atoms with van der Waals surface area (Å²) in [4.78, 5) is 30.7. The molecule has 2 aliphatic rings. The quantitative estimate of drug-likeness (QED) is 0.778. The number of hydrogen-bond donors (Lipinski definition) is 0. The molecule has 0 bridgehead atoms. The lowest BCUT2D eigenvalue weighted by Crippen LogP contribution is -2.38. The molecule has 0 spiro atoms. The molecule has 1 aromatic carbocycles. The van der Waals surface area contributed by atoms with Gasteiger partial charge in [0.1, 0.15) is 0 Å². The molecule has 2 aliphatic heterocycles. The van der Waals surface area contributed by atoms with Gasteiger partial charge in [0.25, 0.3) is 0 Å². The first kappa shape index (κ1) is 18.6. The van der Waals surface area contributed by atoms with Crippen molar-refractivity contribution in [2.24, 2.45) is 5.92 Å². The van der Waals surface area contributed by atoms with Gasteiger partial charge in [-0.2, -0.15) is 11.8 Å². The first-order valence-electron chi connectivity index (χ1n) is 9.42. The molecule has 2 saturated heterocycles. The number of benzene rings is 1. The standard InChI is InChI=1S/C21H24N2O2S2/c1-15-4-6-17(7-5-15)23-14-16(13-20(23)24)21(25)22-9-8-19(27-12-10-22)18-3-2-11-26-18/h2-7,11,16,19H,8-10,12-14H2,1H3. The average molecular weight is 401 g/mol. The summed E-state index contributed by atoms with van der Waals surface area (Å²) in [5, 5.41) is 2.60. The third-order valence-electron chi connectivity index (χ3n) is 5.33. The van der Waals surface area contributed by atoms with Crippen LogP contribution in [0.25, 0.3) is 0 Å². The van der Waals surface area contributed by atoms with E-state index in [1.807, 2.05) is 47.9 Å². The third-order valence-corrected chi connectivity index (χ3v) is 7.78. The number of rotatable bonds is 3. The van der Waals surface area contributed by atoms with Gasteiger partial charge in [-0.3, -0.25) is 9.59 Å². The van der Waals surface area contributed by atoms with E-state index in [2.05, 4.69) is 17.5 Å². The Kier molecular flexibility index (Phi) is 5.55. The first-order valence-corrected chi connectivity index (χ1v) is 11.4. The van der Waals surface area contributed by atoms with Crippen LogP contribution in [0.2, 0.25) is 0 Å². The molecule has 27 heavy (non-hydrogen) atoms. The molecule has 0 radical (unpaired) electrons. The van der Waals surface area contributed by atoms with E-state index in [9.17, 15) is 9.59 Å². The summed E-state index contributed by atoms with van der Waals surface area (Å²) in [5.74, 6) is 0.932. The van der Waals surface area contributed by atoms with Crippen LogP contribution in [0.15, 0.2) is 41.8 Å². The van der Waals surface area contributed by atoms with Gasteiger partial charge in [0.05, 0.1) is 5.92 Å². The van der Waals surface area contributed by atoms with Crippen molar-refractivity contribution >= 4 is 40.6 Å². The molecule has 142 valence electrons. The molecule has 0 saturated carbocycles. The van der Waals surface area contributed by atoms with Crippen molar-refractivity contribution in [1.82, 2.24) is 4.90 Å². The lowest BCUT2D eigenvalue weighted by molar-refractivity contribution is -0.135. The summed E-state index contributed by atoms with van der Waals surface area (Å²) in [5.41, 5.74) is 2.06. The molecule has 0 aliphatic carbocycles. The zero-order valence-electron chi connectivity index (χ0n) is 15.5. The summed E-state index contributed by atoms with van der Waals surface area (Å²) in [6, 6.07) is 12.2. The molecule has 3 heterocycles. The highest BCUT2D eigenvalue weighted by Gasteiger charge is 2.37. The number of carbonyl (C=O) groups is 2. The van der Waals surface area contributed by atoms with Gasteiger partial charge in [-0.1, -0.05) is 23.8 Å². The molecule has 6 heteroatoms. The highest BCUT2D eigenvalue weighted by atomic mass is 32.2. The smallest absolute Gasteiger partial charge is 0.228 e. The highest BCUT2D eigenvalue weighted by Crippen LogP contribution is 2.37. The monoisotopic (exact) mass is 400 g/mol. The maximum atomic E-state index is 13.1. The van der Waals surface area contributed by atoms with Crippen molar-refractivity contribution in [3.8, 4) is 0 Å². The van der Waals surface area contributed by atoms with Crippen LogP contribution >= 0.6 is 23.1 Å². The van der Waals surface area contributed by atoms with Crippen LogP contribution in [0, 0.1) is 12.8 Å². The minimum Gasteiger partial charge on any atom is -0.342 e. The van der Waals surface area contributed by atoms with Crippen LogP contribution in [-0.2, 0) is 9.59 Å². The summed E-state index contributed by atoms with van der Waals surface area (Å²) in [7, 11) is 0. The van der Waals surface area contributed by atoms with Gasteiger partial charge in [0, 0.05) is 47.6 Å². The fraction of sp³-hybridized carbons (Fsp3) is 0.429. The second-order valence-electron chi connectivity index (χ2n) is 7.23. The van der Waals surface area contributed by atoms with Crippen molar-refractivity contribution in [2.75, 3.05) is 30.3 Å². The van der Waals surface area contributed by atoms with Crippen LogP contribution in [0.1, 0.15) is 28.5 Å². The van der Waals surface area contributed by atoms with Crippen LogP contribution < -0.4 is 4.90 Å². The predicted octanol–water partition coefficient (Wildman–Crippen LogP) is 4.12. The zero-order valence-corrected chi connectivity index (χ0v) is 17.1. The van der Waals surface area contributed by atoms with Crippen molar-refractivity contribution < 1.29 is 9.59 Å². The van der Waals surface area contributed by atoms with E-state index in [0.717, 1.165) is 31.0 Å². The third kappa shape index (κ3) is 4.06. The fourth-order valence-corrected chi connectivity index (χ4v) is 6.04. The predicted molar refractivity (Wildman–Crippen MR) is 112 cm³/mol. The average Bonchev–Trinajstić information content (AvgIpc) is 3.27.